The number of nitrogens with zero attached hydrogens (tertiary/aromatic N) is 4. The highest BCUT2D eigenvalue weighted by Crippen LogP contribution is 2.59. The normalized spacial score (nSPS) is 17.8. The molecule has 0 saturated carbocycles. The summed E-state index contributed by atoms with van der Waals surface area (Å²) in [6.07, 6.45) is 0. The molecule has 2 aromatic carbocycles. The minimum atomic E-state index is -2.69. The molecule has 3 aromatic rings. The maximum Gasteiger partial charge on any atom is 0.282 e. The number of benzene rings is 2. The lowest BCUT2D eigenvalue weighted by Crippen LogP contribution is -2.25. The van der Waals surface area contributed by atoms with Crippen molar-refractivity contribution in [3.8, 4) is 5.95 Å². The van der Waals surface area contributed by atoms with Crippen LogP contribution < -0.4 is 10.4 Å². The third-order valence-corrected chi connectivity index (χ3v) is 9.55. The zero-order valence-electron chi connectivity index (χ0n) is 19.8. The van der Waals surface area contributed by atoms with Gasteiger partial charge in [0.25, 0.3) is 5.95 Å². The summed E-state index contributed by atoms with van der Waals surface area (Å²) >= 11 is 0. The van der Waals surface area contributed by atoms with Crippen molar-refractivity contribution in [3.63, 3.8) is 0 Å². The molecule has 4 rings (SSSR count). The molecule has 0 amide bonds. The van der Waals surface area contributed by atoms with Gasteiger partial charge in [0, 0.05) is 29.9 Å². The SMILES string of the molecule is Cc1ccc(N=O)cc1N=P(C=C1N(C)c2ccccc2C1(C)C)(c1ccc(O)o1)N(C)C. The summed E-state index contributed by atoms with van der Waals surface area (Å²) in [6, 6.07) is 16.9. The van der Waals surface area contributed by atoms with Crippen molar-refractivity contribution < 1.29 is 9.52 Å². The van der Waals surface area contributed by atoms with Gasteiger partial charge in [-0.15, -0.1) is 4.91 Å². The second-order valence-electron chi connectivity index (χ2n) is 8.99. The number of aromatic hydroxyl groups is 1. The van der Waals surface area contributed by atoms with E-state index in [4.69, 9.17) is 9.16 Å². The van der Waals surface area contributed by atoms with Gasteiger partial charge in [0.15, 0.2) is 5.50 Å². The molecule has 0 saturated heterocycles. The van der Waals surface area contributed by atoms with E-state index in [0.717, 1.165) is 16.9 Å². The van der Waals surface area contributed by atoms with E-state index in [1.165, 1.54) is 11.6 Å². The van der Waals surface area contributed by atoms with E-state index >= 15 is 0 Å². The Morgan fingerprint density at radius 3 is 2.45 bits per heavy atom. The van der Waals surface area contributed by atoms with Crippen molar-refractivity contribution in [1.82, 2.24) is 4.67 Å². The van der Waals surface area contributed by atoms with E-state index in [9.17, 15) is 10.0 Å². The van der Waals surface area contributed by atoms with Crippen LogP contribution in [0.5, 0.6) is 5.95 Å². The molecule has 1 atom stereocenters. The van der Waals surface area contributed by atoms with Crippen LogP contribution in [0.25, 0.3) is 0 Å². The Morgan fingerprint density at radius 2 is 1.85 bits per heavy atom. The number of para-hydroxylation sites is 1. The zero-order valence-corrected chi connectivity index (χ0v) is 20.7. The number of hydrogen-bond donors (Lipinski definition) is 1. The first-order chi connectivity index (χ1) is 15.6. The number of fused-ring (bicyclic) bond motifs is 1. The largest absolute Gasteiger partial charge is 0.481 e. The molecule has 0 radical (unpaired) electrons. The maximum absolute atomic E-state index is 11.2. The monoisotopic (exact) mass is 464 g/mol. The van der Waals surface area contributed by atoms with Crippen molar-refractivity contribution >= 4 is 29.8 Å². The van der Waals surface area contributed by atoms with Gasteiger partial charge in [0.05, 0.1) is 5.69 Å². The van der Waals surface area contributed by atoms with Gasteiger partial charge in [0.2, 0.25) is 0 Å². The second kappa shape index (κ2) is 8.32. The summed E-state index contributed by atoms with van der Waals surface area (Å²) in [5, 5.41) is 13.2. The average Bonchev–Trinajstić information content (AvgIpc) is 3.30. The van der Waals surface area contributed by atoms with Crippen LogP contribution >= 0.6 is 7.21 Å². The Labute approximate surface area is 194 Å². The quantitative estimate of drug-likeness (QED) is 0.340. The predicted octanol–water partition coefficient (Wildman–Crippen LogP) is 6.60. The molecule has 8 heteroatoms. The van der Waals surface area contributed by atoms with Crippen LogP contribution in [0.3, 0.4) is 0 Å². The Balaban J connectivity index is 2.06. The fourth-order valence-electron chi connectivity index (χ4n) is 4.37. The molecule has 1 aliphatic heterocycles. The molecule has 0 spiro atoms. The van der Waals surface area contributed by atoms with Gasteiger partial charge in [-0.2, -0.15) is 0 Å². The molecular weight excluding hydrogens is 435 g/mol. The number of aryl methyl sites for hydroxylation is 1. The third kappa shape index (κ3) is 3.81. The van der Waals surface area contributed by atoms with Gasteiger partial charge in [-0.05, 0) is 67.4 Å². The average molecular weight is 465 g/mol. The number of rotatable bonds is 5. The van der Waals surface area contributed by atoms with Crippen molar-refractivity contribution in [3.05, 3.63) is 82.1 Å². The van der Waals surface area contributed by atoms with Crippen molar-refractivity contribution in [1.29, 1.82) is 0 Å². The van der Waals surface area contributed by atoms with E-state index in [0.29, 0.717) is 16.9 Å². The first-order valence-electron chi connectivity index (χ1n) is 10.7. The van der Waals surface area contributed by atoms with E-state index in [1.54, 1.807) is 18.2 Å². The number of furan rings is 1. The number of anilines is 1. The van der Waals surface area contributed by atoms with E-state index in [-0.39, 0.29) is 11.4 Å². The van der Waals surface area contributed by atoms with Crippen LogP contribution in [0, 0.1) is 11.8 Å². The van der Waals surface area contributed by atoms with Crippen LogP contribution in [0.15, 0.2) is 80.5 Å². The van der Waals surface area contributed by atoms with Crippen molar-refractivity contribution in [2.45, 2.75) is 26.2 Å². The van der Waals surface area contributed by atoms with Crippen molar-refractivity contribution in [2.75, 3.05) is 26.0 Å². The molecule has 7 nitrogen and oxygen atoms in total. The summed E-state index contributed by atoms with van der Waals surface area (Å²) < 4.78 is 13.1. The fourth-order valence-corrected chi connectivity index (χ4v) is 7.36. The van der Waals surface area contributed by atoms with Gasteiger partial charge in [0.1, 0.15) is 12.9 Å². The summed E-state index contributed by atoms with van der Waals surface area (Å²) in [7, 11) is 3.29. The molecule has 172 valence electrons. The summed E-state index contributed by atoms with van der Waals surface area (Å²) in [4.78, 5) is 13.4. The lowest BCUT2D eigenvalue weighted by molar-refractivity contribution is 0.342. The fraction of sp³-hybridized carbons (Fsp3) is 0.280. The Kier molecular flexibility index (Phi) is 5.81. The minimum Gasteiger partial charge on any atom is -0.481 e. The summed E-state index contributed by atoms with van der Waals surface area (Å²) in [5.41, 5.74) is 5.68. The molecular formula is C25H29N4O3P. The number of allylic oxidation sites excluding steroid dienone is 1. The molecule has 33 heavy (non-hydrogen) atoms. The molecule has 1 N–H and O–H groups in total. The summed E-state index contributed by atoms with van der Waals surface area (Å²) in [6.45, 7) is 6.35. The third-order valence-electron chi connectivity index (χ3n) is 6.31. The second-order valence-corrected chi connectivity index (χ2v) is 12.0. The Hall–Kier alpha value is -3.15. The molecule has 0 bridgehead atoms. The molecule has 1 aliphatic rings. The van der Waals surface area contributed by atoms with E-state index < -0.39 is 7.21 Å². The predicted molar refractivity (Wildman–Crippen MR) is 135 cm³/mol. The van der Waals surface area contributed by atoms with Gasteiger partial charge in [-0.25, -0.2) is 4.74 Å². The lowest BCUT2D eigenvalue weighted by Gasteiger charge is -2.31. The van der Waals surface area contributed by atoms with Crippen LogP contribution in [0.4, 0.5) is 17.1 Å². The lowest BCUT2D eigenvalue weighted by atomic mass is 9.84. The molecule has 2 heterocycles. The zero-order chi connectivity index (χ0) is 24.0. The van der Waals surface area contributed by atoms with Gasteiger partial charge >= 0.3 is 0 Å². The minimum absolute atomic E-state index is 0.160. The van der Waals surface area contributed by atoms with Crippen LogP contribution in [0.2, 0.25) is 0 Å². The standard InChI is InChI=1S/C25H29N4O3P/c1-17-11-12-18(26-31)15-20(17)27-33(28(4)5,24-14-13-23(30)32-24)16-22-25(2,3)19-9-7-8-10-21(19)29(22)6/h7-16,30H,1-6H3. The Morgan fingerprint density at radius 1 is 1.12 bits per heavy atom. The van der Waals surface area contributed by atoms with Gasteiger partial charge in [-0.1, -0.05) is 38.1 Å². The van der Waals surface area contributed by atoms with Gasteiger partial charge in [-0.3, -0.25) is 4.67 Å². The number of likely N-dealkylation sites (N-methyl/N-ethyl adjacent to an activating group) is 1. The molecule has 1 aromatic heterocycles. The van der Waals surface area contributed by atoms with E-state index in [1.807, 2.05) is 37.8 Å². The maximum atomic E-state index is 11.2. The van der Waals surface area contributed by atoms with Crippen molar-refractivity contribution in [2.24, 2.45) is 9.92 Å². The molecule has 1 unspecified atom stereocenters. The molecule has 0 aliphatic carbocycles. The molecule has 0 fully saturated rings. The number of hydrogen-bond acceptors (Lipinski definition) is 6. The smallest absolute Gasteiger partial charge is 0.282 e. The summed E-state index contributed by atoms with van der Waals surface area (Å²) in [5.74, 6) is 2.03. The van der Waals surface area contributed by atoms with Crippen LogP contribution in [0.1, 0.15) is 25.0 Å². The van der Waals surface area contributed by atoms with Gasteiger partial charge < -0.3 is 14.4 Å². The first-order valence-corrected chi connectivity index (χ1v) is 12.5. The van der Waals surface area contributed by atoms with Crippen LogP contribution in [-0.2, 0) is 5.41 Å². The highest BCUT2D eigenvalue weighted by Gasteiger charge is 2.41. The number of nitroso groups, excluding NO2 is 1. The highest BCUT2D eigenvalue weighted by molar-refractivity contribution is 7.74. The van der Waals surface area contributed by atoms with E-state index in [2.05, 4.69) is 55.0 Å². The topological polar surface area (TPSA) is 81.6 Å². The first kappa shape index (κ1) is 23.0. The van der Waals surface area contributed by atoms with Crippen LogP contribution in [-0.4, -0.2) is 30.9 Å². The Bertz CT molecular complexity index is 1310. The highest BCUT2D eigenvalue weighted by atomic mass is 31.2.